The van der Waals surface area contributed by atoms with Gasteiger partial charge in [-0.3, -0.25) is 9.78 Å². The number of hydrogen-bond donors (Lipinski definition) is 0. The van der Waals surface area contributed by atoms with Crippen LogP contribution in [0.15, 0.2) is 18.3 Å². The lowest BCUT2D eigenvalue weighted by Crippen LogP contribution is -2.09. The molecule has 3 nitrogen and oxygen atoms in total. The summed E-state index contributed by atoms with van der Waals surface area (Å²) >= 11 is 0. The molecule has 0 aliphatic rings. The van der Waals surface area contributed by atoms with Gasteiger partial charge in [-0.1, -0.05) is 13.8 Å². The van der Waals surface area contributed by atoms with Gasteiger partial charge in [-0.2, -0.15) is 0 Å². The number of pyridine rings is 1. The quantitative estimate of drug-likeness (QED) is 0.717. The van der Waals surface area contributed by atoms with Gasteiger partial charge in [-0.05, 0) is 37.5 Å². The minimum atomic E-state index is -0.259. The molecule has 1 aromatic heterocycles. The highest BCUT2D eigenvalue weighted by Gasteiger charge is 2.12. The summed E-state index contributed by atoms with van der Waals surface area (Å²) in [4.78, 5) is 15.6. The minimum absolute atomic E-state index is 0.154. The smallest absolute Gasteiger partial charge is 0.306 e. The molecule has 0 fully saturated rings. The van der Waals surface area contributed by atoms with Crippen LogP contribution in [0.3, 0.4) is 0 Å². The van der Waals surface area contributed by atoms with E-state index in [1.54, 1.807) is 6.20 Å². The average Bonchev–Trinajstić information content (AvgIpc) is 2.29. The van der Waals surface area contributed by atoms with E-state index >= 15 is 0 Å². The van der Waals surface area contributed by atoms with Gasteiger partial charge >= 0.3 is 5.97 Å². The third kappa shape index (κ3) is 3.65. The maximum Gasteiger partial charge on any atom is 0.306 e. The first kappa shape index (κ1) is 12.7. The predicted molar refractivity (Wildman–Crippen MR) is 63.0 cm³/mol. The number of ether oxygens (including phenoxy) is 1. The van der Waals surface area contributed by atoms with Crippen molar-refractivity contribution in [1.82, 2.24) is 4.98 Å². The van der Waals surface area contributed by atoms with Crippen molar-refractivity contribution in [3.63, 3.8) is 0 Å². The maximum absolute atomic E-state index is 11.3. The van der Waals surface area contributed by atoms with Crippen molar-refractivity contribution in [2.75, 3.05) is 0 Å². The SMILES string of the molecule is CCCC(=O)OC(C)c1cc(CC)ccn1. The fourth-order valence-corrected chi connectivity index (χ4v) is 1.46. The van der Waals surface area contributed by atoms with Crippen LogP contribution >= 0.6 is 0 Å². The number of aryl methyl sites for hydroxylation is 1. The molecule has 0 aliphatic carbocycles. The molecule has 0 aliphatic heterocycles. The molecule has 0 N–H and O–H groups in total. The van der Waals surface area contributed by atoms with Crippen molar-refractivity contribution in [2.24, 2.45) is 0 Å². The van der Waals surface area contributed by atoms with Crippen molar-refractivity contribution < 1.29 is 9.53 Å². The molecule has 0 amide bonds. The molecule has 0 bridgehead atoms. The monoisotopic (exact) mass is 221 g/mol. The van der Waals surface area contributed by atoms with E-state index in [4.69, 9.17) is 4.74 Å². The van der Waals surface area contributed by atoms with Gasteiger partial charge in [0.1, 0.15) is 6.10 Å². The average molecular weight is 221 g/mol. The molecule has 16 heavy (non-hydrogen) atoms. The summed E-state index contributed by atoms with van der Waals surface area (Å²) in [7, 11) is 0. The summed E-state index contributed by atoms with van der Waals surface area (Å²) in [5, 5.41) is 0. The second kappa shape index (κ2) is 6.26. The van der Waals surface area contributed by atoms with E-state index in [2.05, 4.69) is 11.9 Å². The Morgan fingerprint density at radius 1 is 1.50 bits per heavy atom. The van der Waals surface area contributed by atoms with Crippen LogP contribution in [-0.4, -0.2) is 11.0 Å². The largest absolute Gasteiger partial charge is 0.456 e. The van der Waals surface area contributed by atoms with Crippen LogP contribution in [-0.2, 0) is 16.0 Å². The first-order valence-corrected chi connectivity index (χ1v) is 5.81. The van der Waals surface area contributed by atoms with E-state index in [1.807, 2.05) is 26.0 Å². The van der Waals surface area contributed by atoms with Crippen LogP contribution in [0.4, 0.5) is 0 Å². The zero-order valence-electron chi connectivity index (χ0n) is 10.2. The molecule has 1 atom stereocenters. The van der Waals surface area contributed by atoms with Crippen LogP contribution in [0.2, 0.25) is 0 Å². The zero-order valence-corrected chi connectivity index (χ0v) is 10.2. The Balaban J connectivity index is 2.64. The Labute approximate surface area is 96.8 Å². The Hall–Kier alpha value is -1.38. The Morgan fingerprint density at radius 2 is 2.25 bits per heavy atom. The number of esters is 1. The van der Waals surface area contributed by atoms with E-state index < -0.39 is 0 Å². The number of hydrogen-bond acceptors (Lipinski definition) is 3. The highest BCUT2D eigenvalue weighted by Crippen LogP contribution is 2.16. The molecule has 1 unspecified atom stereocenters. The van der Waals surface area contributed by atoms with Crippen LogP contribution in [0.5, 0.6) is 0 Å². The van der Waals surface area contributed by atoms with E-state index in [0.717, 1.165) is 18.5 Å². The lowest BCUT2D eigenvalue weighted by molar-refractivity contribution is -0.148. The summed E-state index contributed by atoms with van der Waals surface area (Å²) in [6.45, 7) is 5.91. The summed E-state index contributed by atoms with van der Waals surface area (Å²) < 4.78 is 5.27. The fourth-order valence-electron chi connectivity index (χ4n) is 1.46. The number of carbonyl (C=O) groups excluding carboxylic acids is 1. The second-order valence-corrected chi connectivity index (χ2v) is 3.82. The minimum Gasteiger partial charge on any atom is -0.456 e. The van der Waals surface area contributed by atoms with Gasteiger partial charge in [-0.15, -0.1) is 0 Å². The molecule has 0 aromatic carbocycles. The van der Waals surface area contributed by atoms with Gasteiger partial charge in [0.2, 0.25) is 0 Å². The molecular weight excluding hydrogens is 202 g/mol. The zero-order chi connectivity index (χ0) is 12.0. The molecule has 0 spiro atoms. The van der Waals surface area contributed by atoms with Crippen LogP contribution in [0, 0.1) is 0 Å². The van der Waals surface area contributed by atoms with Crippen molar-refractivity contribution in [2.45, 2.75) is 46.1 Å². The molecule has 3 heteroatoms. The normalized spacial score (nSPS) is 12.2. The molecule has 0 saturated carbocycles. The Kier molecular flexibility index (Phi) is 4.96. The molecular formula is C13H19NO2. The van der Waals surface area contributed by atoms with Crippen molar-refractivity contribution in [1.29, 1.82) is 0 Å². The van der Waals surface area contributed by atoms with Gasteiger partial charge in [-0.25, -0.2) is 0 Å². The summed E-state index contributed by atoms with van der Waals surface area (Å²) in [6.07, 6.45) is 3.75. The molecule has 1 rings (SSSR count). The first-order valence-electron chi connectivity index (χ1n) is 5.81. The lowest BCUT2D eigenvalue weighted by Gasteiger charge is -2.13. The standard InChI is InChI=1S/C13H19NO2/c1-4-6-13(15)16-10(3)12-9-11(5-2)7-8-14-12/h7-10H,4-6H2,1-3H3. The van der Waals surface area contributed by atoms with Gasteiger partial charge in [0.05, 0.1) is 5.69 Å². The van der Waals surface area contributed by atoms with Crippen LogP contribution in [0.1, 0.15) is 51.0 Å². The molecule has 1 aromatic rings. The predicted octanol–water partition coefficient (Wildman–Crippen LogP) is 3.05. The topological polar surface area (TPSA) is 39.2 Å². The third-order valence-electron chi connectivity index (χ3n) is 2.43. The summed E-state index contributed by atoms with van der Waals surface area (Å²) in [6, 6.07) is 3.97. The Morgan fingerprint density at radius 3 is 2.88 bits per heavy atom. The number of nitrogens with zero attached hydrogens (tertiary/aromatic N) is 1. The third-order valence-corrected chi connectivity index (χ3v) is 2.43. The van der Waals surface area contributed by atoms with Crippen LogP contribution < -0.4 is 0 Å². The van der Waals surface area contributed by atoms with Crippen molar-refractivity contribution in [3.8, 4) is 0 Å². The van der Waals surface area contributed by atoms with E-state index in [9.17, 15) is 4.79 Å². The number of rotatable bonds is 5. The molecule has 0 radical (unpaired) electrons. The van der Waals surface area contributed by atoms with E-state index in [0.29, 0.717) is 6.42 Å². The van der Waals surface area contributed by atoms with Crippen molar-refractivity contribution >= 4 is 5.97 Å². The maximum atomic E-state index is 11.3. The highest BCUT2D eigenvalue weighted by molar-refractivity contribution is 5.69. The number of aromatic nitrogens is 1. The van der Waals surface area contributed by atoms with E-state index in [1.165, 1.54) is 5.56 Å². The highest BCUT2D eigenvalue weighted by atomic mass is 16.5. The summed E-state index contributed by atoms with van der Waals surface area (Å²) in [5.74, 6) is -0.154. The fraction of sp³-hybridized carbons (Fsp3) is 0.538. The molecule has 88 valence electrons. The van der Waals surface area contributed by atoms with Crippen LogP contribution in [0.25, 0.3) is 0 Å². The molecule has 0 saturated heterocycles. The van der Waals surface area contributed by atoms with Gasteiger partial charge in [0.15, 0.2) is 0 Å². The molecule has 1 heterocycles. The van der Waals surface area contributed by atoms with E-state index in [-0.39, 0.29) is 12.1 Å². The first-order chi connectivity index (χ1) is 7.67. The van der Waals surface area contributed by atoms with Crippen molar-refractivity contribution in [3.05, 3.63) is 29.6 Å². The Bertz CT molecular complexity index is 350. The number of carbonyl (C=O) groups is 1. The summed E-state index contributed by atoms with van der Waals surface area (Å²) in [5.41, 5.74) is 2.03. The lowest BCUT2D eigenvalue weighted by atomic mass is 10.1. The second-order valence-electron chi connectivity index (χ2n) is 3.82. The van der Waals surface area contributed by atoms with Gasteiger partial charge in [0, 0.05) is 12.6 Å². The van der Waals surface area contributed by atoms with Gasteiger partial charge in [0.25, 0.3) is 0 Å². The van der Waals surface area contributed by atoms with Gasteiger partial charge < -0.3 is 4.74 Å².